The van der Waals surface area contributed by atoms with Crippen molar-refractivity contribution in [2.75, 3.05) is 6.54 Å². The average molecular weight is 222 g/mol. The predicted molar refractivity (Wildman–Crippen MR) is 65.0 cm³/mol. The van der Waals surface area contributed by atoms with Crippen LogP contribution in [0.4, 0.5) is 4.79 Å². The second-order valence-corrected chi connectivity index (χ2v) is 3.48. The molecule has 0 spiro atoms. The summed E-state index contributed by atoms with van der Waals surface area (Å²) >= 11 is 5.08. The molecule has 15 heavy (non-hydrogen) atoms. The van der Waals surface area contributed by atoms with E-state index < -0.39 is 0 Å². The summed E-state index contributed by atoms with van der Waals surface area (Å²) in [5, 5.41) is 5.31. The summed E-state index contributed by atoms with van der Waals surface area (Å²) < 4.78 is 0. The summed E-state index contributed by atoms with van der Waals surface area (Å²) in [7, 11) is 0. The molecule has 0 saturated carbocycles. The SMILES string of the molecule is CCCNC(=O)NC(=S)c1ccccc1. The minimum absolute atomic E-state index is 0.245. The highest BCUT2D eigenvalue weighted by Gasteiger charge is 2.04. The van der Waals surface area contributed by atoms with E-state index in [1.165, 1.54) is 0 Å². The molecule has 0 aliphatic carbocycles. The molecule has 1 aromatic carbocycles. The van der Waals surface area contributed by atoms with Gasteiger partial charge in [-0.3, -0.25) is 5.32 Å². The molecule has 0 unspecified atom stereocenters. The first-order valence-corrected chi connectivity index (χ1v) is 5.29. The minimum Gasteiger partial charge on any atom is -0.338 e. The maximum atomic E-state index is 11.3. The fourth-order valence-electron chi connectivity index (χ4n) is 1.05. The zero-order valence-electron chi connectivity index (χ0n) is 8.62. The van der Waals surface area contributed by atoms with Gasteiger partial charge in [0.05, 0.1) is 0 Å². The summed E-state index contributed by atoms with van der Waals surface area (Å²) in [5.41, 5.74) is 0.846. The molecule has 0 radical (unpaired) electrons. The Morgan fingerprint density at radius 3 is 2.60 bits per heavy atom. The van der Waals surface area contributed by atoms with Gasteiger partial charge in [0.1, 0.15) is 4.99 Å². The number of carbonyl (C=O) groups excluding carboxylic acids is 1. The lowest BCUT2D eigenvalue weighted by atomic mass is 10.2. The van der Waals surface area contributed by atoms with E-state index in [1.807, 2.05) is 37.3 Å². The lowest BCUT2D eigenvalue weighted by molar-refractivity contribution is 0.245. The standard InChI is InChI=1S/C11H14N2OS/c1-2-8-12-11(14)13-10(15)9-6-4-3-5-7-9/h3-7H,2,8H2,1H3,(H2,12,13,14,15). The van der Waals surface area contributed by atoms with E-state index in [0.717, 1.165) is 12.0 Å². The number of nitrogens with one attached hydrogen (secondary N) is 2. The van der Waals surface area contributed by atoms with Crippen LogP contribution in [-0.2, 0) is 0 Å². The third-order valence-corrected chi connectivity index (χ3v) is 2.14. The van der Waals surface area contributed by atoms with Gasteiger partial charge in [-0.2, -0.15) is 0 Å². The van der Waals surface area contributed by atoms with Crippen molar-refractivity contribution in [3.8, 4) is 0 Å². The second kappa shape index (κ2) is 6.14. The van der Waals surface area contributed by atoms with Crippen LogP contribution in [0.2, 0.25) is 0 Å². The molecule has 1 aromatic rings. The van der Waals surface area contributed by atoms with Crippen molar-refractivity contribution >= 4 is 23.2 Å². The van der Waals surface area contributed by atoms with Crippen LogP contribution in [0.1, 0.15) is 18.9 Å². The van der Waals surface area contributed by atoms with Crippen molar-refractivity contribution in [1.29, 1.82) is 0 Å². The largest absolute Gasteiger partial charge is 0.338 e. The summed E-state index contributed by atoms with van der Waals surface area (Å²) in [6.45, 7) is 2.65. The van der Waals surface area contributed by atoms with Crippen molar-refractivity contribution in [3.63, 3.8) is 0 Å². The number of amides is 2. The lowest BCUT2D eigenvalue weighted by Gasteiger charge is -2.07. The summed E-state index contributed by atoms with van der Waals surface area (Å²) in [4.78, 5) is 11.7. The Bertz CT molecular complexity index is 338. The third-order valence-electron chi connectivity index (χ3n) is 1.80. The van der Waals surface area contributed by atoms with E-state index in [9.17, 15) is 4.79 Å². The van der Waals surface area contributed by atoms with Crippen molar-refractivity contribution in [2.45, 2.75) is 13.3 Å². The second-order valence-electron chi connectivity index (χ2n) is 3.08. The van der Waals surface area contributed by atoms with E-state index >= 15 is 0 Å². The molecule has 1 rings (SSSR count). The summed E-state index contributed by atoms with van der Waals surface area (Å²) in [5.74, 6) is 0. The van der Waals surface area contributed by atoms with Crippen LogP contribution < -0.4 is 10.6 Å². The Morgan fingerprint density at radius 2 is 2.00 bits per heavy atom. The van der Waals surface area contributed by atoms with Gasteiger partial charge in [0.2, 0.25) is 0 Å². The van der Waals surface area contributed by atoms with Gasteiger partial charge in [-0.1, -0.05) is 49.5 Å². The number of carbonyl (C=O) groups is 1. The number of hydrogen-bond donors (Lipinski definition) is 2. The molecule has 0 aromatic heterocycles. The van der Waals surface area contributed by atoms with Crippen LogP contribution in [0.15, 0.2) is 30.3 Å². The van der Waals surface area contributed by atoms with E-state index in [2.05, 4.69) is 10.6 Å². The van der Waals surface area contributed by atoms with E-state index in [4.69, 9.17) is 12.2 Å². The first-order valence-electron chi connectivity index (χ1n) is 4.88. The maximum Gasteiger partial charge on any atom is 0.319 e. The lowest BCUT2D eigenvalue weighted by Crippen LogP contribution is -2.39. The van der Waals surface area contributed by atoms with Crippen LogP contribution in [0.5, 0.6) is 0 Å². The van der Waals surface area contributed by atoms with Crippen molar-refractivity contribution in [1.82, 2.24) is 10.6 Å². The number of urea groups is 1. The Balaban J connectivity index is 2.46. The third kappa shape index (κ3) is 4.08. The number of benzene rings is 1. The zero-order chi connectivity index (χ0) is 11.1. The minimum atomic E-state index is -0.245. The molecule has 2 N–H and O–H groups in total. The van der Waals surface area contributed by atoms with Gasteiger partial charge in [0.25, 0.3) is 0 Å². The summed E-state index contributed by atoms with van der Waals surface area (Å²) in [6.07, 6.45) is 0.908. The van der Waals surface area contributed by atoms with Gasteiger partial charge in [0, 0.05) is 12.1 Å². The van der Waals surface area contributed by atoms with Gasteiger partial charge in [-0.05, 0) is 6.42 Å². The van der Waals surface area contributed by atoms with Gasteiger partial charge in [-0.25, -0.2) is 4.79 Å². The van der Waals surface area contributed by atoms with Crippen LogP contribution in [0.3, 0.4) is 0 Å². The smallest absolute Gasteiger partial charge is 0.319 e. The zero-order valence-corrected chi connectivity index (χ0v) is 9.43. The molecule has 3 nitrogen and oxygen atoms in total. The molecule has 0 fully saturated rings. The highest BCUT2D eigenvalue weighted by Crippen LogP contribution is 1.98. The average Bonchev–Trinajstić information content (AvgIpc) is 2.27. The summed E-state index contributed by atoms with van der Waals surface area (Å²) in [6, 6.07) is 9.15. The van der Waals surface area contributed by atoms with Crippen molar-refractivity contribution in [3.05, 3.63) is 35.9 Å². The Morgan fingerprint density at radius 1 is 1.33 bits per heavy atom. The normalized spacial score (nSPS) is 9.40. The first kappa shape index (κ1) is 11.7. The molecule has 0 bridgehead atoms. The van der Waals surface area contributed by atoms with Crippen molar-refractivity contribution < 1.29 is 4.79 Å². The van der Waals surface area contributed by atoms with E-state index in [0.29, 0.717) is 11.5 Å². The Hall–Kier alpha value is -1.42. The number of thiocarbonyl (C=S) groups is 1. The van der Waals surface area contributed by atoms with Gasteiger partial charge < -0.3 is 5.32 Å². The Labute approximate surface area is 94.9 Å². The van der Waals surface area contributed by atoms with Gasteiger partial charge >= 0.3 is 6.03 Å². The van der Waals surface area contributed by atoms with Crippen LogP contribution in [-0.4, -0.2) is 17.6 Å². The molecule has 2 amide bonds. The van der Waals surface area contributed by atoms with Crippen LogP contribution >= 0.6 is 12.2 Å². The fraction of sp³-hybridized carbons (Fsp3) is 0.273. The van der Waals surface area contributed by atoms with Crippen molar-refractivity contribution in [2.24, 2.45) is 0 Å². The Kier molecular flexibility index (Phi) is 4.77. The molecule has 0 aliphatic heterocycles. The molecule has 80 valence electrons. The maximum absolute atomic E-state index is 11.3. The van der Waals surface area contributed by atoms with Crippen LogP contribution in [0, 0.1) is 0 Å². The molecular weight excluding hydrogens is 208 g/mol. The molecule has 4 heteroatoms. The number of rotatable bonds is 3. The van der Waals surface area contributed by atoms with Crippen LogP contribution in [0.25, 0.3) is 0 Å². The highest BCUT2D eigenvalue weighted by atomic mass is 32.1. The molecule has 0 saturated heterocycles. The quantitative estimate of drug-likeness (QED) is 0.769. The molecular formula is C11H14N2OS. The topological polar surface area (TPSA) is 41.1 Å². The highest BCUT2D eigenvalue weighted by molar-refractivity contribution is 7.80. The van der Waals surface area contributed by atoms with E-state index in [-0.39, 0.29) is 6.03 Å². The molecule has 0 atom stereocenters. The monoisotopic (exact) mass is 222 g/mol. The van der Waals surface area contributed by atoms with E-state index in [1.54, 1.807) is 0 Å². The van der Waals surface area contributed by atoms with Gasteiger partial charge in [-0.15, -0.1) is 0 Å². The molecule has 0 heterocycles. The number of hydrogen-bond acceptors (Lipinski definition) is 2. The fourth-order valence-corrected chi connectivity index (χ4v) is 1.28. The predicted octanol–water partition coefficient (Wildman–Crippen LogP) is 2.07. The molecule has 0 aliphatic rings. The first-order chi connectivity index (χ1) is 7.24. The van der Waals surface area contributed by atoms with Gasteiger partial charge in [0.15, 0.2) is 0 Å².